The number of carbonyl (C=O) groups excluding carboxylic acids is 1. The van der Waals surface area contributed by atoms with Crippen molar-refractivity contribution in [2.45, 2.75) is 45.1 Å². The zero-order chi connectivity index (χ0) is 22.1. The number of nitrogens with one attached hydrogen (secondary N) is 2. The summed E-state index contributed by atoms with van der Waals surface area (Å²) in [7, 11) is -3.71. The summed E-state index contributed by atoms with van der Waals surface area (Å²) in [6, 6.07) is 11.3. The molecule has 0 aliphatic rings. The van der Waals surface area contributed by atoms with Gasteiger partial charge in [-0.2, -0.15) is 0 Å². The maximum Gasteiger partial charge on any atom is 0.261 e. The van der Waals surface area contributed by atoms with Crippen LogP contribution in [-0.4, -0.2) is 40.2 Å². The fraction of sp³-hybridized carbons (Fsp3) is 0.409. The van der Waals surface area contributed by atoms with E-state index < -0.39 is 10.0 Å². The van der Waals surface area contributed by atoms with Crippen LogP contribution in [0.2, 0.25) is 0 Å². The van der Waals surface area contributed by atoms with Gasteiger partial charge in [0.1, 0.15) is 5.75 Å². The Hall–Kier alpha value is -2.58. The van der Waals surface area contributed by atoms with Crippen molar-refractivity contribution in [3.05, 3.63) is 53.6 Å². The summed E-state index contributed by atoms with van der Waals surface area (Å²) in [5.74, 6) is 0.172. The van der Waals surface area contributed by atoms with Gasteiger partial charge in [-0.15, -0.1) is 0 Å². The summed E-state index contributed by atoms with van der Waals surface area (Å²) in [6.07, 6.45) is 0.899. The van der Waals surface area contributed by atoms with Crippen molar-refractivity contribution >= 4 is 21.6 Å². The van der Waals surface area contributed by atoms with Gasteiger partial charge in [0.25, 0.3) is 15.9 Å². The summed E-state index contributed by atoms with van der Waals surface area (Å²) in [5.41, 5.74) is 2.60. The second-order valence-corrected chi connectivity index (χ2v) is 8.97. The molecule has 0 aliphatic carbocycles. The number of rotatable bonds is 11. The molecular formula is C22H30N2O5S. The Morgan fingerprint density at radius 2 is 1.73 bits per heavy atom. The lowest BCUT2D eigenvalue weighted by Gasteiger charge is -2.11. The molecule has 0 bridgehead atoms. The summed E-state index contributed by atoms with van der Waals surface area (Å²) in [4.78, 5) is 11.9. The number of sulfonamides is 1. The zero-order valence-corrected chi connectivity index (χ0v) is 18.7. The van der Waals surface area contributed by atoms with E-state index in [4.69, 9.17) is 9.47 Å². The average molecular weight is 435 g/mol. The highest BCUT2D eigenvalue weighted by Crippen LogP contribution is 2.21. The molecule has 0 saturated carbocycles. The molecule has 0 aliphatic heterocycles. The van der Waals surface area contributed by atoms with Gasteiger partial charge in [0.05, 0.1) is 11.0 Å². The quantitative estimate of drug-likeness (QED) is 0.529. The van der Waals surface area contributed by atoms with Gasteiger partial charge in [0.15, 0.2) is 6.61 Å². The van der Waals surface area contributed by atoms with E-state index in [1.165, 1.54) is 24.3 Å². The highest BCUT2D eigenvalue weighted by atomic mass is 32.2. The van der Waals surface area contributed by atoms with Crippen molar-refractivity contribution in [3.8, 4) is 5.75 Å². The Kier molecular flexibility index (Phi) is 8.68. The van der Waals surface area contributed by atoms with Gasteiger partial charge in [-0.3, -0.25) is 9.52 Å². The van der Waals surface area contributed by atoms with Crippen molar-refractivity contribution in [2.75, 3.05) is 24.5 Å². The highest BCUT2D eigenvalue weighted by Gasteiger charge is 2.15. The molecule has 0 spiro atoms. The Morgan fingerprint density at radius 1 is 1.03 bits per heavy atom. The topological polar surface area (TPSA) is 93.7 Å². The number of aryl methyl sites for hydroxylation is 2. The predicted molar refractivity (Wildman–Crippen MR) is 117 cm³/mol. The van der Waals surface area contributed by atoms with Crippen molar-refractivity contribution in [1.82, 2.24) is 5.32 Å². The number of benzene rings is 2. The van der Waals surface area contributed by atoms with E-state index in [1.807, 2.05) is 33.8 Å². The van der Waals surface area contributed by atoms with Gasteiger partial charge in [0, 0.05) is 18.8 Å². The van der Waals surface area contributed by atoms with Crippen molar-refractivity contribution in [3.63, 3.8) is 0 Å². The molecule has 2 aromatic carbocycles. The molecule has 2 aromatic rings. The lowest BCUT2D eigenvalue weighted by Crippen LogP contribution is -2.30. The van der Waals surface area contributed by atoms with Gasteiger partial charge in [-0.05, 0) is 81.6 Å². The van der Waals surface area contributed by atoms with E-state index in [-0.39, 0.29) is 23.5 Å². The van der Waals surface area contributed by atoms with Crippen LogP contribution in [0, 0.1) is 13.8 Å². The maximum absolute atomic E-state index is 12.6. The molecule has 0 radical (unpaired) electrons. The molecule has 7 nitrogen and oxygen atoms in total. The third kappa shape index (κ3) is 7.68. The first-order valence-electron chi connectivity index (χ1n) is 9.88. The number of ether oxygens (including phenoxy) is 2. The van der Waals surface area contributed by atoms with Crippen LogP contribution >= 0.6 is 0 Å². The average Bonchev–Trinajstić information content (AvgIpc) is 2.69. The van der Waals surface area contributed by atoms with E-state index in [1.54, 1.807) is 12.1 Å². The van der Waals surface area contributed by atoms with Crippen LogP contribution in [-0.2, 0) is 19.6 Å². The van der Waals surface area contributed by atoms with Gasteiger partial charge < -0.3 is 14.8 Å². The fourth-order valence-corrected chi connectivity index (χ4v) is 3.60. The van der Waals surface area contributed by atoms with Crippen LogP contribution in [0.3, 0.4) is 0 Å². The molecule has 0 saturated heterocycles. The number of hydrogen-bond acceptors (Lipinski definition) is 5. The minimum absolute atomic E-state index is 0.114. The Balaban J connectivity index is 1.83. The zero-order valence-electron chi connectivity index (χ0n) is 17.9. The highest BCUT2D eigenvalue weighted by molar-refractivity contribution is 7.92. The summed E-state index contributed by atoms with van der Waals surface area (Å²) in [5, 5.41) is 2.75. The first-order chi connectivity index (χ1) is 14.2. The second kappa shape index (κ2) is 11.0. The normalized spacial score (nSPS) is 11.4. The number of carbonyl (C=O) groups is 1. The minimum Gasteiger partial charge on any atom is -0.484 e. The molecule has 0 fully saturated rings. The van der Waals surface area contributed by atoms with E-state index in [2.05, 4.69) is 10.0 Å². The summed E-state index contributed by atoms with van der Waals surface area (Å²) >= 11 is 0. The lowest BCUT2D eigenvalue weighted by atomic mass is 10.1. The van der Waals surface area contributed by atoms with Crippen LogP contribution in [0.25, 0.3) is 0 Å². The molecule has 2 N–H and O–H groups in total. The van der Waals surface area contributed by atoms with Crippen LogP contribution in [0.1, 0.15) is 31.4 Å². The molecule has 2 rings (SSSR count). The van der Waals surface area contributed by atoms with Crippen LogP contribution in [0.4, 0.5) is 5.69 Å². The van der Waals surface area contributed by atoms with Crippen molar-refractivity contribution in [1.29, 1.82) is 0 Å². The molecule has 0 atom stereocenters. The summed E-state index contributed by atoms with van der Waals surface area (Å²) in [6.45, 7) is 8.77. The smallest absolute Gasteiger partial charge is 0.261 e. The predicted octanol–water partition coefficient (Wildman–Crippen LogP) is 3.41. The molecule has 0 aromatic heterocycles. The lowest BCUT2D eigenvalue weighted by molar-refractivity contribution is -0.123. The molecule has 164 valence electrons. The summed E-state index contributed by atoms with van der Waals surface area (Å²) < 4.78 is 38.5. The first-order valence-corrected chi connectivity index (χ1v) is 11.4. The van der Waals surface area contributed by atoms with Gasteiger partial charge in [-0.1, -0.05) is 6.07 Å². The Bertz CT molecular complexity index is 941. The molecule has 8 heteroatoms. The molecule has 30 heavy (non-hydrogen) atoms. The van der Waals surface area contributed by atoms with E-state index in [0.717, 1.165) is 17.5 Å². The van der Waals surface area contributed by atoms with Gasteiger partial charge in [-0.25, -0.2) is 8.42 Å². The molecular weight excluding hydrogens is 404 g/mol. The third-order valence-corrected chi connectivity index (χ3v) is 5.75. The Labute approximate surface area is 178 Å². The maximum atomic E-state index is 12.6. The Morgan fingerprint density at radius 3 is 2.37 bits per heavy atom. The van der Waals surface area contributed by atoms with Crippen LogP contribution in [0.5, 0.6) is 5.75 Å². The largest absolute Gasteiger partial charge is 0.484 e. The van der Waals surface area contributed by atoms with Crippen molar-refractivity contribution in [2.24, 2.45) is 0 Å². The van der Waals surface area contributed by atoms with Gasteiger partial charge >= 0.3 is 0 Å². The standard InChI is InChI=1S/C22H30N2O5S/c1-16(2)28-13-5-12-23-22(25)15-29-20-8-10-21(11-9-20)30(26,27)24-19-7-6-17(3)18(4)14-19/h6-11,14,16,24H,5,12-13,15H2,1-4H3,(H,23,25). The first kappa shape index (κ1) is 23.7. The molecule has 0 unspecified atom stereocenters. The number of amides is 1. The van der Waals surface area contributed by atoms with Crippen LogP contribution in [0.15, 0.2) is 47.4 Å². The van der Waals surface area contributed by atoms with E-state index in [9.17, 15) is 13.2 Å². The van der Waals surface area contributed by atoms with E-state index >= 15 is 0 Å². The second-order valence-electron chi connectivity index (χ2n) is 7.29. The van der Waals surface area contributed by atoms with Crippen LogP contribution < -0.4 is 14.8 Å². The van der Waals surface area contributed by atoms with Gasteiger partial charge in [0.2, 0.25) is 0 Å². The third-order valence-electron chi connectivity index (χ3n) is 4.36. The minimum atomic E-state index is -3.71. The number of anilines is 1. The van der Waals surface area contributed by atoms with E-state index in [0.29, 0.717) is 24.6 Å². The van der Waals surface area contributed by atoms with Crippen molar-refractivity contribution < 1.29 is 22.7 Å². The molecule has 1 amide bonds. The monoisotopic (exact) mass is 434 g/mol. The molecule has 0 heterocycles. The number of hydrogen-bond donors (Lipinski definition) is 2. The fourth-order valence-electron chi connectivity index (χ4n) is 2.55. The SMILES string of the molecule is Cc1ccc(NS(=O)(=O)c2ccc(OCC(=O)NCCCOC(C)C)cc2)cc1C.